The molecule has 2 aromatic carbocycles. The summed E-state index contributed by atoms with van der Waals surface area (Å²) in [6.07, 6.45) is 1.56. The number of thioether (sulfide) groups is 1. The number of imide groups is 1. The Kier molecular flexibility index (Phi) is 5.27. The van der Waals surface area contributed by atoms with Gasteiger partial charge in [0.05, 0.1) is 11.4 Å². The SMILES string of the molecule is O=C(CN1C(=O)S/C(=C\c2ccccc2Cl)C1=O)c1ccc(Cl)cc1. The Labute approximate surface area is 158 Å². The third kappa shape index (κ3) is 3.95. The normalized spacial score (nSPS) is 15.9. The van der Waals surface area contributed by atoms with E-state index in [4.69, 9.17) is 23.2 Å². The first-order valence-electron chi connectivity index (χ1n) is 7.24. The van der Waals surface area contributed by atoms with Crippen LogP contribution >= 0.6 is 35.0 Å². The minimum atomic E-state index is -0.503. The molecule has 25 heavy (non-hydrogen) atoms. The predicted octanol–water partition coefficient (Wildman–Crippen LogP) is 4.91. The van der Waals surface area contributed by atoms with E-state index in [0.29, 0.717) is 21.2 Å². The fraction of sp³-hybridized carbons (Fsp3) is 0.0556. The highest BCUT2D eigenvalue weighted by Gasteiger charge is 2.36. The van der Waals surface area contributed by atoms with E-state index in [1.54, 1.807) is 54.6 Å². The largest absolute Gasteiger partial charge is 0.293 e. The summed E-state index contributed by atoms with van der Waals surface area (Å²) < 4.78 is 0. The first-order valence-corrected chi connectivity index (χ1v) is 8.81. The molecule has 0 aliphatic carbocycles. The van der Waals surface area contributed by atoms with Gasteiger partial charge in [-0.3, -0.25) is 19.3 Å². The number of ketones is 1. The van der Waals surface area contributed by atoms with E-state index in [-0.39, 0.29) is 17.2 Å². The Morgan fingerprint density at radius 2 is 1.72 bits per heavy atom. The lowest BCUT2D eigenvalue weighted by atomic mass is 10.1. The number of Topliss-reactive ketones (excluding diaryl/α,β-unsaturated/α-hetero) is 1. The Morgan fingerprint density at radius 1 is 1.04 bits per heavy atom. The first-order chi connectivity index (χ1) is 12.0. The molecule has 1 aliphatic rings. The number of hydrogen-bond acceptors (Lipinski definition) is 4. The smallest absolute Gasteiger partial charge is 0.292 e. The second-order valence-electron chi connectivity index (χ2n) is 5.22. The van der Waals surface area contributed by atoms with Crippen molar-refractivity contribution in [2.45, 2.75) is 0 Å². The molecule has 0 aromatic heterocycles. The number of carbonyl (C=O) groups is 3. The summed E-state index contributed by atoms with van der Waals surface area (Å²) in [6.45, 7) is -0.313. The molecule has 1 aliphatic heterocycles. The van der Waals surface area contributed by atoms with Crippen LogP contribution in [0.15, 0.2) is 53.4 Å². The van der Waals surface area contributed by atoms with Crippen LogP contribution in [0.1, 0.15) is 15.9 Å². The highest BCUT2D eigenvalue weighted by molar-refractivity contribution is 8.18. The van der Waals surface area contributed by atoms with E-state index in [0.717, 1.165) is 16.7 Å². The number of hydrogen-bond donors (Lipinski definition) is 0. The number of amides is 2. The van der Waals surface area contributed by atoms with Crippen LogP contribution in [0.5, 0.6) is 0 Å². The monoisotopic (exact) mass is 391 g/mol. The van der Waals surface area contributed by atoms with Gasteiger partial charge in [0.2, 0.25) is 0 Å². The van der Waals surface area contributed by atoms with Gasteiger partial charge in [0.1, 0.15) is 0 Å². The Morgan fingerprint density at radius 3 is 2.40 bits per heavy atom. The highest BCUT2D eigenvalue weighted by atomic mass is 35.5. The van der Waals surface area contributed by atoms with Crippen LogP contribution in [-0.4, -0.2) is 28.4 Å². The molecule has 3 rings (SSSR count). The molecule has 7 heteroatoms. The Balaban J connectivity index is 1.79. The fourth-order valence-electron chi connectivity index (χ4n) is 2.24. The van der Waals surface area contributed by atoms with E-state index in [1.165, 1.54) is 0 Å². The molecule has 1 fully saturated rings. The molecule has 0 N–H and O–H groups in total. The lowest BCUT2D eigenvalue weighted by Crippen LogP contribution is -2.33. The van der Waals surface area contributed by atoms with E-state index >= 15 is 0 Å². The molecule has 4 nitrogen and oxygen atoms in total. The van der Waals surface area contributed by atoms with Crippen LogP contribution in [0.3, 0.4) is 0 Å². The average molecular weight is 392 g/mol. The van der Waals surface area contributed by atoms with Gasteiger partial charge in [0.25, 0.3) is 11.1 Å². The van der Waals surface area contributed by atoms with E-state index in [2.05, 4.69) is 0 Å². The quantitative estimate of drug-likeness (QED) is 0.548. The van der Waals surface area contributed by atoms with Crippen LogP contribution in [0.25, 0.3) is 6.08 Å². The Hall–Kier alpha value is -2.08. The van der Waals surface area contributed by atoms with Gasteiger partial charge in [-0.15, -0.1) is 0 Å². The highest BCUT2D eigenvalue weighted by Crippen LogP contribution is 2.33. The second-order valence-corrected chi connectivity index (χ2v) is 7.06. The molecule has 0 bridgehead atoms. The molecular formula is C18H11Cl2NO3S. The van der Waals surface area contributed by atoms with E-state index in [1.807, 2.05) is 0 Å². The molecule has 2 amide bonds. The van der Waals surface area contributed by atoms with Gasteiger partial charge < -0.3 is 0 Å². The van der Waals surface area contributed by atoms with Gasteiger partial charge in [-0.05, 0) is 53.7 Å². The molecule has 0 atom stereocenters. The zero-order chi connectivity index (χ0) is 18.0. The van der Waals surface area contributed by atoms with Crippen molar-refractivity contribution < 1.29 is 14.4 Å². The van der Waals surface area contributed by atoms with Crippen molar-refractivity contribution >= 4 is 58.0 Å². The summed E-state index contributed by atoms with van der Waals surface area (Å²) in [5.74, 6) is -0.838. The summed E-state index contributed by atoms with van der Waals surface area (Å²) in [5, 5.41) is 0.502. The zero-order valence-electron chi connectivity index (χ0n) is 12.7. The number of rotatable bonds is 4. The molecule has 2 aromatic rings. The molecule has 1 saturated heterocycles. The van der Waals surface area contributed by atoms with Gasteiger partial charge in [-0.1, -0.05) is 41.4 Å². The van der Waals surface area contributed by atoms with Gasteiger partial charge in [0.15, 0.2) is 5.78 Å². The van der Waals surface area contributed by atoms with Crippen LogP contribution in [-0.2, 0) is 4.79 Å². The fourth-order valence-corrected chi connectivity index (χ4v) is 3.39. The number of carbonyl (C=O) groups excluding carboxylic acids is 3. The molecular weight excluding hydrogens is 381 g/mol. The van der Waals surface area contributed by atoms with Crippen molar-refractivity contribution in [2.75, 3.05) is 6.54 Å². The Bertz CT molecular complexity index is 893. The van der Waals surface area contributed by atoms with Gasteiger partial charge >= 0.3 is 0 Å². The van der Waals surface area contributed by atoms with Gasteiger partial charge in [0, 0.05) is 15.6 Å². The lowest BCUT2D eigenvalue weighted by Gasteiger charge is -2.11. The van der Waals surface area contributed by atoms with Crippen molar-refractivity contribution in [3.63, 3.8) is 0 Å². The van der Waals surface area contributed by atoms with Crippen molar-refractivity contribution in [3.05, 3.63) is 74.6 Å². The minimum absolute atomic E-state index is 0.238. The van der Waals surface area contributed by atoms with Gasteiger partial charge in [-0.25, -0.2) is 0 Å². The standard InChI is InChI=1S/C18H11Cl2NO3S/c19-13-7-5-11(6-8-13)15(22)10-21-17(23)16(25-18(21)24)9-12-3-1-2-4-14(12)20/h1-9H,10H2/b16-9-. The van der Waals surface area contributed by atoms with Crippen LogP contribution in [0.4, 0.5) is 4.79 Å². The minimum Gasteiger partial charge on any atom is -0.292 e. The third-order valence-electron chi connectivity index (χ3n) is 3.53. The average Bonchev–Trinajstić information content (AvgIpc) is 2.85. The topological polar surface area (TPSA) is 54.5 Å². The molecule has 1 heterocycles. The maximum atomic E-state index is 12.5. The third-order valence-corrected chi connectivity index (χ3v) is 5.04. The number of benzene rings is 2. The maximum Gasteiger partial charge on any atom is 0.293 e. The number of nitrogens with zero attached hydrogens (tertiary/aromatic N) is 1. The van der Waals surface area contributed by atoms with Crippen LogP contribution in [0.2, 0.25) is 10.0 Å². The van der Waals surface area contributed by atoms with Gasteiger partial charge in [-0.2, -0.15) is 0 Å². The molecule has 0 radical (unpaired) electrons. The maximum absolute atomic E-state index is 12.5. The predicted molar refractivity (Wildman–Crippen MR) is 99.9 cm³/mol. The number of halogens is 2. The van der Waals surface area contributed by atoms with Crippen molar-refractivity contribution in [3.8, 4) is 0 Å². The summed E-state index contributed by atoms with van der Waals surface area (Å²) in [6, 6.07) is 13.3. The molecule has 0 spiro atoms. The van der Waals surface area contributed by atoms with Crippen molar-refractivity contribution in [2.24, 2.45) is 0 Å². The summed E-state index contributed by atoms with van der Waals surface area (Å²) in [5.41, 5.74) is 1.03. The first kappa shape index (κ1) is 17.7. The second kappa shape index (κ2) is 7.44. The summed E-state index contributed by atoms with van der Waals surface area (Å²) in [4.78, 5) is 38.0. The van der Waals surface area contributed by atoms with Crippen molar-refractivity contribution in [1.82, 2.24) is 4.90 Å². The van der Waals surface area contributed by atoms with Crippen LogP contribution < -0.4 is 0 Å². The van der Waals surface area contributed by atoms with Crippen LogP contribution in [0, 0.1) is 0 Å². The summed E-state index contributed by atoms with van der Waals surface area (Å²) in [7, 11) is 0. The summed E-state index contributed by atoms with van der Waals surface area (Å²) >= 11 is 12.7. The van der Waals surface area contributed by atoms with E-state index in [9.17, 15) is 14.4 Å². The lowest BCUT2D eigenvalue weighted by molar-refractivity contribution is -0.122. The molecule has 126 valence electrons. The zero-order valence-corrected chi connectivity index (χ0v) is 15.1. The molecule has 0 saturated carbocycles. The van der Waals surface area contributed by atoms with E-state index < -0.39 is 11.1 Å². The van der Waals surface area contributed by atoms with Crippen molar-refractivity contribution in [1.29, 1.82) is 0 Å². The molecule has 0 unspecified atom stereocenters.